The summed E-state index contributed by atoms with van der Waals surface area (Å²) in [7, 11) is 0. The van der Waals surface area contributed by atoms with Crippen LogP contribution in [-0.4, -0.2) is 238 Å². The van der Waals surface area contributed by atoms with Crippen LogP contribution in [0.1, 0.15) is 138 Å². The van der Waals surface area contributed by atoms with Crippen molar-refractivity contribution in [3.8, 4) is 10.0 Å². The van der Waals surface area contributed by atoms with Gasteiger partial charge in [0.25, 0.3) is 11.8 Å². The number of piperidine rings is 1. The molecule has 594 valence electrons. The highest BCUT2D eigenvalue weighted by Gasteiger charge is 2.46. The average Bonchev–Trinajstić information content (AvgIpc) is 1.60. The number of imide groups is 2. The first-order chi connectivity index (χ1) is 53.7. The van der Waals surface area contributed by atoms with Crippen molar-refractivity contribution in [2.75, 3.05) is 150 Å². The zero-order valence-corrected chi connectivity index (χ0v) is 66.4. The first kappa shape index (κ1) is 83.3. The molecule has 7 amide bonds. The second kappa shape index (κ2) is 40.2. The van der Waals surface area contributed by atoms with E-state index in [2.05, 4.69) is 74.7 Å². The maximum Gasteiger partial charge on any atom is 0.264 e. The van der Waals surface area contributed by atoms with Crippen molar-refractivity contribution in [1.82, 2.24) is 55.7 Å². The number of hydrogen-bond donors (Lipinski definition) is 5. The van der Waals surface area contributed by atoms with E-state index in [9.17, 15) is 33.6 Å². The standard InChI is InChI=1S/C77H94Cl2N14O16S2/c1-46-48(3)110-75-65(46)68(52-12-16-54(78)17-13-52)84-58(70-89-87-50(5)91(70)75)40-62(95)82-24-28-101-26-9-27-102-30-32-105-36-38-107-43-77(7,45-109-42-64(97)81-23-22-80-57-11-8-10-56-67(57)74(100)93(73(56)99)60-20-21-61(94)86-72(60)98)44-108-39-37-106-35-34-104-33-31-103-29-25-83-63(96)41-59-71-90-88-51(6)92(71)76-66(47(2)49(4)111-76)69(85-59)53-14-18-55(79)19-15-53/h8,10-19,58-60,80H,9,20-45H2,1-7H3,(H,81,97)(H,82,95)(H,83,96)(H,86,94,98)/t58-,59-,60?,77?/m0/s1. The Morgan fingerprint density at radius 3 is 1.47 bits per heavy atom. The molecule has 0 spiro atoms. The number of carbonyl (C=O) groups is 7. The molecule has 4 aromatic heterocycles. The number of thiophene rings is 2. The summed E-state index contributed by atoms with van der Waals surface area (Å²) in [6.07, 6.45) is 0.802. The van der Waals surface area contributed by atoms with Gasteiger partial charge in [-0.1, -0.05) is 60.5 Å². The van der Waals surface area contributed by atoms with Crippen LogP contribution in [0.25, 0.3) is 10.0 Å². The minimum Gasteiger partial charge on any atom is -0.383 e. The lowest BCUT2D eigenvalue weighted by molar-refractivity contribution is -0.136. The number of aromatic nitrogens is 6. The van der Waals surface area contributed by atoms with E-state index < -0.39 is 53.1 Å². The molecule has 1 saturated heterocycles. The molecule has 0 radical (unpaired) electrons. The van der Waals surface area contributed by atoms with Crippen molar-refractivity contribution in [2.24, 2.45) is 15.4 Å². The number of hydrogen-bond acceptors (Lipinski definition) is 25. The van der Waals surface area contributed by atoms with Crippen molar-refractivity contribution < 1.29 is 76.2 Å². The van der Waals surface area contributed by atoms with Gasteiger partial charge in [0.15, 0.2) is 11.6 Å². The molecule has 8 heterocycles. The molecule has 7 aromatic rings. The van der Waals surface area contributed by atoms with E-state index in [1.165, 1.54) is 6.07 Å². The van der Waals surface area contributed by atoms with Crippen LogP contribution in [0.2, 0.25) is 10.0 Å². The predicted molar refractivity (Wildman–Crippen MR) is 417 cm³/mol. The second-order valence-corrected chi connectivity index (χ2v) is 30.6. The van der Waals surface area contributed by atoms with E-state index in [0.717, 1.165) is 69.5 Å². The third-order valence-corrected chi connectivity index (χ3v) is 21.8. The van der Waals surface area contributed by atoms with Crippen LogP contribution in [0.5, 0.6) is 0 Å². The fourth-order valence-electron chi connectivity index (χ4n) is 13.0. The van der Waals surface area contributed by atoms with Crippen molar-refractivity contribution in [3.63, 3.8) is 0 Å². The van der Waals surface area contributed by atoms with Crippen LogP contribution in [0.4, 0.5) is 5.69 Å². The van der Waals surface area contributed by atoms with Crippen molar-refractivity contribution in [2.45, 2.75) is 98.7 Å². The lowest BCUT2D eigenvalue weighted by atomic mass is 9.94. The van der Waals surface area contributed by atoms with Gasteiger partial charge in [-0.3, -0.25) is 62.9 Å². The third-order valence-electron chi connectivity index (χ3n) is 18.9. The van der Waals surface area contributed by atoms with Crippen LogP contribution in [0.3, 0.4) is 0 Å². The highest BCUT2D eigenvalue weighted by molar-refractivity contribution is 7.15. The molecule has 0 saturated carbocycles. The van der Waals surface area contributed by atoms with Gasteiger partial charge < -0.3 is 63.9 Å². The maximum atomic E-state index is 13.6. The summed E-state index contributed by atoms with van der Waals surface area (Å²) in [5.74, 6) is -0.588. The minimum atomic E-state index is -1.10. The molecule has 30 nitrogen and oxygen atoms in total. The normalized spacial score (nSPS) is 16.4. The summed E-state index contributed by atoms with van der Waals surface area (Å²) in [5, 5.41) is 35.0. The highest BCUT2D eigenvalue weighted by atomic mass is 35.5. The van der Waals surface area contributed by atoms with Crippen LogP contribution in [0.15, 0.2) is 76.7 Å². The lowest BCUT2D eigenvalue weighted by Gasteiger charge is -2.29. The Bertz CT molecular complexity index is 4510. The number of amides is 7. The van der Waals surface area contributed by atoms with Gasteiger partial charge >= 0.3 is 0 Å². The molecule has 3 aromatic carbocycles. The molecule has 11 rings (SSSR count). The number of benzene rings is 3. The van der Waals surface area contributed by atoms with Crippen molar-refractivity contribution in [3.05, 3.63) is 154 Å². The summed E-state index contributed by atoms with van der Waals surface area (Å²) in [6, 6.07) is 17.6. The Labute approximate surface area is 661 Å². The molecule has 1 fully saturated rings. The molecule has 2 unspecified atom stereocenters. The monoisotopic (exact) mass is 1600 g/mol. The number of halogens is 2. The number of aliphatic imine (C=N–C) groups is 2. The zero-order chi connectivity index (χ0) is 78.6. The van der Waals surface area contributed by atoms with Gasteiger partial charge in [-0.2, -0.15) is 0 Å². The number of fused-ring (bicyclic) bond motifs is 7. The lowest BCUT2D eigenvalue weighted by Crippen LogP contribution is -2.54. The van der Waals surface area contributed by atoms with E-state index in [0.29, 0.717) is 118 Å². The van der Waals surface area contributed by atoms with Crippen molar-refractivity contribution >= 4 is 104 Å². The Balaban J connectivity index is 0.554. The minimum absolute atomic E-state index is 0.00213. The van der Waals surface area contributed by atoms with E-state index >= 15 is 0 Å². The molecule has 0 aliphatic carbocycles. The van der Waals surface area contributed by atoms with Crippen LogP contribution in [0, 0.1) is 47.0 Å². The number of nitrogens with one attached hydrogen (secondary N) is 5. The van der Waals surface area contributed by atoms with Crippen LogP contribution < -0.4 is 26.6 Å². The van der Waals surface area contributed by atoms with Crippen molar-refractivity contribution in [1.29, 1.82) is 0 Å². The predicted octanol–water partition coefficient (Wildman–Crippen LogP) is 7.80. The van der Waals surface area contributed by atoms with Gasteiger partial charge in [0, 0.05) is 99.0 Å². The quantitative estimate of drug-likeness (QED) is 0.0179. The highest BCUT2D eigenvalue weighted by Crippen LogP contribution is 2.42. The van der Waals surface area contributed by atoms with Gasteiger partial charge in [-0.05, 0) is 102 Å². The smallest absolute Gasteiger partial charge is 0.264 e. The average molecular weight is 1610 g/mol. The van der Waals surface area contributed by atoms with Gasteiger partial charge in [0.05, 0.1) is 134 Å². The molecular weight excluding hydrogens is 1510 g/mol. The third kappa shape index (κ3) is 21.6. The summed E-state index contributed by atoms with van der Waals surface area (Å²) in [4.78, 5) is 105. The van der Waals surface area contributed by atoms with E-state index in [-0.39, 0.29) is 121 Å². The number of anilines is 1. The number of aryl methyl sites for hydroxylation is 4. The van der Waals surface area contributed by atoms with Gasteiger partial charge in [0.2, 0.25) is 29.5 Å². The fourth-order valence-corrected chi connectivity index (χ4v) is 15.7. The maximum absolute atomic E-state index is 13.6. The first-order valence-corrected chi connectivity index (χ1v) is 39.4. The van der Waals surface area contributed by atoms with Gasteiger partial charge in [0.1, 0.15) is 46.4 Å². The molecular formula is C77H94Cl2N14O16S2. The Hall–Kier alpha value is -8.61. The number of nitrogens with zero attached hydrogens (tertiary/aromatic N) is 9. The van der Waals surface area contributed by atoms with Gasteiger partial charge in [-0.15, -0.1) is 43.1 Å². The molecule has 4 aliphatic rings. The largest absolute Gasteiger partial charge is 0.383 e. The summed E-state index contributed by atoms with van der Waals surface area (Å²) >= 11 is 15.8. The molecule has 0 bridgehead atoms. The SMILES string of the molecule is Cc1sc2c(c1C)C(c1ccc(Cl)cc1)=N[C@@H](CC(=O)NCCOCCCOCCOCCOCC(C)(COCCOCCOCCOCCNC(=O)C[C@@H]1N=C(c3ccc(Cl)cc3)c3c(sc(C)c3C)-n3c(C)nnc31)COCC(=O)NCCNc1cccc3c1C(=O)N(C1CCC(=O)NC1=O)C3=O)c1nnc(C)n1-2. The topological polar surface area (TPSA) is 352 Å². The van der Waals surface area contributed by atoms with Crippen LogP contribution in [-0.2, 0) is 66.6 Å². The molecule has 111 heavy (non-hydrogen) atoms. The fraction of sp³-hybridized carbons (Fsp3) is 0.494. The molecule has 4 atom stereocenters. The first-order valence-electron chi connectivity index (χ1n) is 37.0. The zero-order valence-electron chi connectivity index (χ0n) is 63.3. The van der Waals surface area contributed by atoms with E-state index in [1.807, 2.05) is 78.4 Å². The molecule has 5 N–H and O–H groups in total. The summed E-state index contributed by atoms with van der Waals surface area (Å²) in [5.41, 5.74) is 7.44. The second-order valence-electron chi connectivity index (χ2n) is 27.3. The number of carbonyl (C=O) groups excluding carboxylic acids is 7. The van der Waals surface area contributed by atoms with Gasteiger partial charge in [-0.25, -0.2) is 0 Å². The van der Waals surface area contributed by atoms with E-state index in [4.69, 9.17) is 75.8 Å². The van der Waals surface area contributed by atoms with Crippen LogP contribution >= 0.6 is 45.9 Å². The summed E-state index contributed by atoms with van der Waals surface area (Å²) < 4.78 is 56.7. The Morgan fingerprint density at radius 2 is 0.973 bits per heavy atom. The number of rotatable bonds is 44. The molecule has 4 aliphatic heterocycles. The Morgan fingerprint density at radius 1 is 0.523 bits per heavy atom. The Kier molecular flexibility index (Phi) is 30.2. The summed E-state index contributed by atoms with van der Waals surface area (Å²) in [6.45, 7) is 19.8. The van der Waals surface area contributed by atoms with E-state index in [1.54, 1.807) is 34.8 Å². The number of ether oxygens (including phenoxy) is 9. The molecule has 34 heteroatoms.